The molecule has 0 unspecified atom stereocenters. The summed E-state index contributed by atoms with van der Waals surface area (Å²) < 4.78 is 2.59. The second-order valence-electron chi connectivity index (χ2n) is 7.49. The van der Waals surface area contributed by atoms with Gasteiger partial charge in [0.15, 0.2) is 5.65 Å². The molecule has 0 bridgehead atoms. The average molecular weight is 483 g/mol. The standard InChI is InChI=1S/C20H19BrN8O2/c1-28(10-11-3-2-4-13(21)7-11)18-25-16-12(8-15-17(30)26-20(31)24-15)9-22-29(16)19(27-18)23-14-5-6-14/h2-4,7-9,14,30H,5-6,10H2,1H3,(H2,24,26,31)/b12-8+,23-19?. The van der Waals surface area contributed by atoms with E-state index in [1.54, 1.807) is 16.8 Å². The minimum atomic E-state index is -0.492. The first kappa shape index (κ1) is 19.5. The van der Waals surface area contributed by atoms with Crippen LogP contribution in [0.3, 0.4) is 0 Å². The zero-order valence-electron chi connectivity index (χ0n) is 16.6. The van der Waals surface area contributed by atoms with Crippen molar-refractivity contribution in [3.63, 3.8) is 0 Å². The van der Waals surface area contributed by atoms with Crippen LogP contribution in [0.25, 0.3) is 11.7 Å². The van der Waals surface area contributed by atoms with Crippen molar-refractivity contribution < 1.29 is 5.11 Å². The van der Waals surface area contributed by atoms with Crippen molar-refractivity contribution in [2.45, 2.75) is 25.4 Å². The molecule has 158 valence electrons. The second kappa shape index (κ2) is 7.65. The number of aromatic nitrogens is 6. The maximum Gasteiger partial charge on any atom is 0.326 e. The van der Waals surface area contributed by atoms with Crippen molar-refractivity contribution >= 4 is 33.6 Å². The summed E-state index contributed by atoms with van der Waals surface area (Å²) in [6.07, 6.45) is 5.29. The lowest BCUT2D eigenvalue weighted by molar-refractivity contribution is 0.454. The lowest BCUT2D eigenvalue weighted by atomic mass is 10.2. The number of rotatable bonds is 5. The second-order valence-corrected chi connectivity index (χ2v) is 8.41. The van der Waals surface area contributed by atoms with E-state index in [4.69, 9.17) is 9.98 Å². The van der Waals surface area contributed by atoms with Gasteiger partial charge in [0.2, 0.25) is 11.8 Å². The topological polar surface area (TPSA) is 128 Å². The van der Waals surface area contributed by atoms with Gasteiger partial charge >= 0.3 is 5.69 Å². The Labute approximate surface area is 184 Å². The Morgan fingerprint density at radius 2 is 2.19 bits per heavy atom. The molecule has 0 saturated heterocycles. The molecule has 1 fully saturated rings. The third-order valence-corrected chi connectivity index (χ3v) is 5.39. The lowest BCUT2D eigenvalue weighted by Crippen LogP contribution is -2.28. The molecule has 1 saturated carbocycles. The first-order valence-corrected chi connectivity index (χ1v) is 10.5. The summed E-state index contributed by atoms with van der Waals surface area (Å²) in [5.74, 6) is 0.266. The minimum Gasteiger partial charge on any atom is -0.493 e. The number of hydrogen-bond donors (Lipinski definition) is 3. The van der Waals surface area contributed by atoms with Crippen molar-refractivity contribution in [1.82, 2.24) is 29.5 Å². The van der Waals surface area contributed by atoms with Crippen LogP contribution in [0.1, 0.15) is 24.1 Å². The summed E-state index contributed by atoms with van der Waals surface area (Å²) in [6, 6.07) is 8.31. The fraction of sp³-hybridized carbons (Fsp3) is 0.250. The molecular formula is C20H19BrN8O2. The quantitative estimate of drug-likeness (QED) is 0.387. The molecule has 0 spiro atoms. The number of aromatic amines is 2. The number of fused-ring (bicyclic) bond motifs is 1. The Morgan fingerprint density at radius 1 is 1.35 bits per heavy atom. The molecule has 3 heterocycles. The first-order chi connectivity index (χ1) is 15.0. The summed E-state index contributed by atoms with van der Waals surface area (Å²) in [5, 5.41) is 14.9. The smallest absolute Gasteiger partial charge is 0.326 e. The zero-order valence-corrected chi connectivity index (χ0v) is 18.2. The largest absolute Gasteiger partial charge is 0.493 e. The van der Waals surface area contributed by atoms with Gasteiger partial charge in [-0.3, -0.25) is 4.98 Å². The Kier molecular flexibility index (Phi) is 4.81. The van der Waals surface area contributed by atoms with Gasteiger partial charge in [0.25, 0.3) is 5.62 Å². The number of nitrogens with zero attached hydrogens (tertiary/aromatic N) is 6. The van der Waals surface area contributed by atoms with Crippen LogP contribution >= 0.6 is 15.9 Å². The fourth-order valence-corrected chi connectivity index (χ4v) is 3.67. The SMILES string of the molecule is CN(Cc1cccc(Br)c1)c1nc(=NC2CC2)n2nc/c(=C\c3[nH]c(=O)[nH]c3O)c2n1. The Hall–Kier alpha value is -3.47. The number of aromatic hydroxyl groups is 1. The monoisotopic (exact) mass is 482 g/mol. The van der Waals surface area contributed by atoms with Gasteiger partial charge in [0, 0.05) is 23.3 Å². The number of imidazole rings is 1. The predicted molar refractivity (Wildman–Crippen MR) is 117 cm³/mol. The molecule has 0 atom stereocenters. The third-order valence-electron chi connectivity index (χ3n) is 4.90. The third kappa shape index (κ3) is 4.08. The van der Waals surface area contributed by atoms with E-state index in [0.717, 1.165) is 22.9 Å². The molecule has 1 aliphatic rings. The molecule has 3 aromatic heterocycles. The number of benzene rings is 1. The summed E-state index contributed by atoms with van der Waals surface area (Å²) in [7, 11) is 1.92. The molecule has 0 aliphatic heterocycles. The van der Waals surface area contributed by atoms with Gasteiger partial charge in [-0.1, -0.05) is 28.1 Å². The Morgan fingerprint density at radius 3 is 2.90 bits per heavy atom. The summed E-state index contributed by atoms with van der Waals surface area (Å²) in [5.41, 5.74) is 1.88. The number of nitrogens with one attached hydrogen (secondary N) is 2. The molecular weight excluding hydrogens is 464 g/mol. The molecule has 0 amide bonds. The maximum atomic E-state index is 11.5. The molecule has 4 aromatic rings. The Bertz CT molecular complexity index is 1450. The lowest BCUT2D eigenvalue weighted by Gasteiger charge is -2.17. The highest BCUT2D eigenvalue weighted by Gasteiger charge is 2.21. The van der Waals surface area contributed by atoms with Crippen molar-refractivity contribution in [3.8, 4) is 5.88 Å². The van der Waals surface area contributed by atoms with Gasteiger partial charge in [0.1, 0.15) is 5.69 Å². The highest BCUT2D eigenvalue weighted by molar-refractivity contribution is 9.10. The van der Waals surface area contributed by atoms with Gasteiger partial charge < -0.3 is 15.0 Å². The van der Waals surface area contributed by atoms with Crippen LogP contribution in [0, 0.1) is 0 Å². The first-order valence-electron chi connectivity index (χ1n) is 9.74. The number of halogens is 1. The molecule has 10 nitrogen and oxygen atoms in total. The number of hydrogen-bond acceptors (Lipinski definition) is 7. The van der Waals surface area contributed by atoms with Crippen LogP contribution in [0.2, 0.25) is 0 Å². The highest BCUT2D eigenvalue weighted by atomic mass is 79.9. The van der Waals surface area contributed by atoms with Gasteiger partial charge in [0.05, 0.1) is 12.2 Å². The molecule has 3 N–H and O–H groups in total. The van der Waals surface area contributed by atoms with Crippen molar-refractivity contribution in [2.24, 2.45) is 4.99 Å². The van der Waals surface area contributed by atoms with Crippen molar-refractivity contribution in [2.75, 3.05) is 11.9 Å². The van der Waals surface area contributed by atoms with Crippen molar-refractivity contribution in [1.29, 1.82) is 0 Å². The molecule has 1 aliphatic carbocycles. The minimum absolute atomic E-state index is 0.242. The van der Waals surface area contributed by atoms with Gasteiger partial charge in [-0.15, -0.1) is 0 Å². The van der Waals surface area contributed by atoms with Crippen LogP contribution in [-0.4, -0.2) is 47.7 Å². The van der Waals surface area contributed by atoms with E-state index in [9.17, 15) is 9.90 Å². The molecule has 11 heteroatoms. The van der Waals surface area contributed by atoms with E-state index in [2.05, 4.69) is 36.0 Å². The van der Waals surface area contributed by atoms with Gasteiger partial charge in [-0.25, -0.2) is 9.79 Å². The van der Waals surface area contributed by atoms with Gasteiger partial charge in [-0.05, 0) is 36.6 Å². The summed E-state index contributed by atoms with van der Waals surface area (Å²) in [4.78, 5) is 32.3. The molecule has 1 aromatic carbocycles. The van der Waals surface area contributed by atoms with Crippen LogP contribution in [0.4, 0.5) is 5.95 Å². The van der Waals surface area contributed by atoms with E-state index in [1.165, 1.54) is 0 Å². The van der Waals surface area contributed by atoms with E-state index < -0.39 is 5.69 Å². The number of H-pyrrole nitrogens is 2. The van der Waals surface area contributed by atoms with E-state index in [1.807, 2.05) is 36.2 Å². The van der Waals surface area contributed by atoms with E-state index in [-0.39, 0.29) is 17.6 Å². The summed E-state index contributed by atoms with van der Waals surface area (Å²) >= 11 is 3.50. The number of anilines is 1. The van der Waals surface area contributed by atoms with E-state index in [0.29, 0.717) is 29.0 Å². The fourth-order valence-electron chi connectivity index (χ4n) is 3.22. The van der Waals surface area contributed by atoms with Crippen LogP contribution < -0.4 is 21.4 Å². The highest BCUT2D eigenvalue weighted by Crippen LogP contribution is 2.22. The van der Waals surface area contributed by atoms with Gasteiger partial charge in [-0.2, -0.15) is 19.6 Å². The molecule has 31 heavy (non-hydrogen) atoms. The summed E-state index contributed by atoms with van der Waals surface area (Å²) in [6.45, 7) is 0.609. The van der Waals surface area contributed by atoms with Crippen molar-refractivity contribution in [3.05, 3.63) is 67.5 Å². The zero-order chi connectivity index (χ0) is 21.5. The Balaban J connectivity index is 1.63. The molecule has 5 rings (SSSR count). The average Bonchev–Trinajstić information content (AvgIpc) is 3.36. The van der Waals surface area contributed by atoms with Crippen LogP contribution in [0.5, 0.6) is 5.88 Å². The van der Waals surface area contributed by atoms with E-state index >= 15 is 0 Å². The molecule has 0 radical (unpaired) electrons. The van der Waals surface area contributed by atoms with Crippen LogP contribution in [0.15, 0.2) is 44.7 Å². The normalized spacial score (nSPS) is 15.2. The predicted octanol–water partition coefficient (Wildman–Crippen LogP) is 0.856. The van der Waals surface area contributed by atoms with Crippen LogP contribution in [-0.2, 0) is 6.54 Å². The maximum absolute atomic E-state index is 11.5.